The van der Waals surface area contributed by atoms with Crippen LogP contribution in [0.5, 0.6) is 0 Å². The van der Waals surface area contributed by atoms with Gasteiger partial charge in [0.25, 0.3) is 0 Å². The van der Waals surface area contributed by atoms with Crippen LogP contribution in [0.25, 0.3) is 0 Å². The summed E-state index contributed by atoms with van der Waals surface area (Å²) in [5.41, 5.74) is 0.157. The summed E-state index contributed by atoms with van der Waals surface area (Å²) in [6, 6.07) is 0. The zero-order valence-corrected chi connectivity index (χ0v) is 8.96. The second-order valence-electron chi connectivity index (χ2n) is 4.23. The molecule has 0 bridgehead atoms. The molecule has 0 aromatic rings. The van der Waals surface area contributed by atoms with Gasteiger partial charge in [0.1, 0.15) is 0 Å². The van der Waals surface area contributed by atoms with E-state index in [9.17, 15) is 0 Å². The van der Waals surface area contributed by atoms with Crippen molar-refractivity contribution >= 4 is 0 Å². The van der Waals surface area contributed by atoms with Crippen molar-refractivity contribution in [3.63, 3.8) is 0 Å². The van der Waals surface area contributed by atoms with E-state index in [2.05, 4.69) is 57.7 Å². The molecule has 1 aliphatic carbocycles. The lowest BCUT2D eigenvalue weighted by Gasteiger charge is -2.36. The molecule has 0 aromatic heterocycles. The number of hydrogen-bond acceptors (Lipinski definition) is 0. The van der Waals surface area contributed by atoms with E-state index < -0.39 is 0 Å². The van der Waals surface area contributed by atoms with E-state index in [0.717, 1.165) is 5.92 Å². The topological polar surface area (TPSA) is 0 Å². The van der Waals surface area contributed by atoms with E-state index in [0.29, 0.717) is 5.92 Å². The van der Waals surface area contributed by atoms with Crippen LogP contribution >= 0.6 is 0 Å². The number of hydrogen-bond donors (Lipinski definition) is 0. The third-order valence-electron chi connectivity index (χ3n) is 3.30. The highest BCUT2D eigenvalue weighted by Gasteiger charge is 2.31. The highest BCUT2D eigenvalue weighted by atomic mass is 14.3. The molecule has 0 N–H and O–H groups in total. The standard InChI is InChI=1S/C13H20/c1-5-11(3)12-9-7-8-10-13(12,4)6-2/h6-12H,2,5H2,1,3-4H3. The van der Waals surface area contributed by atoms with E-state index in [4.69, 9.17) is 0 Å². The van der Waals surface area contributed by atoms with Crippen molar-refractivity contribution in [2.24, 2.45) is 17.3 Å². The summed E-state index contributed by atoms with van der Waals surface area (Å²) in [6.07, 6.45) is 12.2. The lowest BCUT2D eigenvalue weighted by molar-refractivity contribution is 0.278. The van der Waals surface area contributed by atoms with Gasteiger partial charge in [-0.1, -0.05) is 57.6 Å². The van der Waals surface area contributed by atoms with Crippen molar-refractivity contribution in [3.05, 3.63) is 37.0 Å². The fourth-order valence-corrected chi connectivity index (χ4v) is 2.03. The molecule has 3 atom stereocenters. The van der Waals surface area contributed by atoms with E-state index in [1.807, 2.05) is 0 Å². The minimum Gasteiger partial charge on any atom is -0.102 e. The van der Waals surface area contributed by atoms with Gasteiger partial charge in [0.15, 0.2) is 0 Å². The predicted molar refractivity (Wildman–Crippen MR) is 59.5 cm³/mol. The molecular weight excluding hydrogens is 156 g/mol. The molecule has 0 aliphatic heterocycles. The average Bonchev–Trinajstić information content (AvgIpc) is 2.17. The first kappa shape index (κ1) is 10.3. The molecule has 0 aromatic carbocycles. The first-order valence-electron chi connectivity index (χ1n) is 5.13. The first-order valence-corrected chi connectivity index (χ1v) is 5.13. The molecular formula is C13H20. The van der Waals surface area contributed by atoms with Gasteiger partial charge in [-0.15, -0.1) is 6.58 Å². The van der Waals surface area contributed by atoms with Crippen LogP contribution in [-0.4, -0.2) is 0 Å². The maximum absolute atomic E-state index is 3.94. The molecule has 0 heterocycles. The fourth-order valence-electron chi connectivity index (χ4n) is 2.03. The van der Waals surface area contributed by atoms with Gasteiger partial charge in [0.05, 0.1) is 0 Å². The predicted octanol–water partition coefficient (Wildman–Crippen LogP) is 3.97. The molecule has 13 heavy (non-hydrogen) atoms. The summed E-state index contributed by atoms with van der Waals surface area (Å²) >= 11 is 0. The molecule has 0 spiro atoms. The number of rotatable bonds is 3. The molecule has 0 heteroatoms. The summed E-state index contributed by atoms with van der Waals surface area (Å²) in [5.74, 6) is 1.34. The minimum atomic E-state index is 0.157. The second kappa shape index (κ2) is 3.95. The van der Waals surface area contributed by atoms with Crippen LogP contribution in [0, 0.1) is 17.3 Å². The maximum Gasteiger partial charge on any atom is 0.00985 e. The molecule has 1 aliphatic rings. The van der Waals surface area contributed by atoms with Gasteiger partial charge in [-0.3, -0.25) is 0 Å². The Balaban J connectivity index is 2.88. The van der Waals surface area contributed by atoms with Crippen LogP contribution in [0.3, 0.4) is 0 Å². The van der Waals surface area contributed by atoms with Crippen molar-refractivity contribution in [3.8, 4) is 0 Å². The van der Waals surface area contributed by atoms with Crippen LogP contribution in [0.4, 0.5) is 0 Å². The Morgan fingerprint density at radius 3 is 2.77 bits per heavy atom. The Hall–Kier alpha value is -0.780. The van der Waals surface area contributed by atoms with Gasteiger partial charge in [-0.25, -0.2) is 0 Å². The van der Waals surface area contributed by atoms with Crippen LogP contribution in [0.2, 0.25) is 0 Å². The van der Waals surface area contributed by atoms with Crippen LogP contribution in [-0.2, 0) is 0 Å². The molecule has 0 saturated heterocycles. The molecule has 3 unspecified atom stereocenters. The van der Waals surface area contributed by atoms with Crippen LogP contribution in [0.15, 0.2) is 37.0 Å². The molecule has 72 valence electrons. The van der Waals surface area contributed by atoms with E-state index >= 15 is 0 Å². The normalized spacial score (nSPS) is 34.5. The Bertz CT molecular complexity index is 234. The molecule has 0 fully saturated rings. The van der Waals surface area contributed by atoms with E-state index in [1.165, 1.54) is 6.42 Å². The lowest BCUT2D eigenvalue weighted by Crippen LogP contribution is -2.28. The first-order chi connectivity index (χ1) is 6.14. The Morgan fingerprint density at radius 1 is 1.54 bits per heavy atom. The Labute approximate surface area is 82.0 Å². The van der Waals surface area contributed by atoms with Crippen molar-refractivity contribution < 1.29 is 0 Å². The van der Waals surface area contributed by atoms with Gasteiger partial charge >= 0.3 is 0 Å². The molecule has 0 amide bonds. The molecule has 0 saturated carbocycles. The van der Waals surface area contributed by atoms with Crippen molar-refractivity contribution in [1.29, 1.82) is 0 Å². The monoisotopic (exact) mass is 176 g/mol. The zero-order chi connectivity index (χ0) is 9.90. The highest BCUT2D eigenvalue weighted by Crippen LogP contribution is 2.39. The van der Waals surface area contributed by atoms with Gasteiger partial charge < -0.3 is 0 Å². The summed E-state index contributed by atoms with van der Waals surface area (Å²) in [7, 11) is 0. The minimum absolute atomic E-state index is 0.157. The molecule has 0 radical (unpaired) electrons. The van der Waals surface area contributed by atoms with E-state index in [-0.39, 0.29) is 5.41 Å². The van der Waals surface area contributed by atoms with Gasteiger partial charge in [-0.05, 0) is 11.8 Å². The third kappa shape index (κ3) is 1.93. The summed E-state index contributed by atoms with van der Waals surface area (Å²) < 4.78 is 0. The quantitative estimate of drug-likeness (QED) is 0.571. The van der Waals surface area contributed by atoms with Crippen molar-refractivity contribution in [2.45, 2.75) is 27.2 Å². The summed E-state index contributed by atoms with van der Waals surface area (Å²) in [5, 5.41) is 0. The van der Waals surface area contributed by atoms with E-state index in [1.54, 1.807) is 0 Å². The SMILES string of the molecule is C=CC1(C)C=CC=CC1C(C)CC. The van der Waals surface area contributed by atoms with Crippen molar-refractivity contribution in [1.82, 2.24) is 0 Å². The second-order valence-corrected chi connectivity index (χ2v) is 4.23. The zero-order valence-electron chi connectivity index (χ0n) is 8.96. The fraction of sp³-hybridized carbons (Fsp3) is 0.538. The molecule has 0 nitrogen and oxygen atoms in total. The van der Waals surface area contributed by atoms with Gasteiger partial charge in [-0.2, -0.15) is 0 Å². The summed E-state index contributed by atoms with van der Waals surface area (Å²) in [4.78, 5) is 0. The maximum atomic E-state index is 3.94. The van der Waals surface area contributed by atoms with Gasteiger partial charge in [0, 0.05) is 5.41 Å². The number of allylic oxidation sites excluding steroid dienone is 5. The Kier molecular flexibility index (Phi) is 3.13. The van der Waals surface area contributed by atoms with Crippen LogP contribution < -0.4 is 0 Å². The van der Waals surface area contributed by atoms with Gasteiger partial charge in [0.2, 0.25) is 0 Å². The molecule has 1 rings (SSSR count). The third-order valence-corrected chi connectivity index (χ3v) is 3.30. The highest BCUT2D eigenvalue weighted by molar-refractivity contribution is 5.24. The average molecular weight is 176 g/mol. The summed E-state index contributed by atoms with van der Waals surface area (Å²) in [6.45, 7) is 10.8. The smallest absolute Gasteiger partial charge is 0.00985 e. The van der Waals surface area contributed by atoms with Crippen molar-refractivity contribution in [2.75, 3.05) is 0 Å². The Morgan fingerprint density at radius 2 is 2.23 bits per heavy atom. The largest absolute Gasteiger partial charge is 0.102 e. The lowest BCUT2D eigenvalue weighted by atomic mass is 9.68. The van der Waals surface area contributed by atoms with Crippen LogP contribution in [0.1, 0.15) is 27.2 Å².